The molecule has 0 saturated heterocycles. The molecule has 1 aromatic carbocycles. The average Bonchev–Trinajstić information content (AvgIpc) is 2.70. The molecule has 1 N–H and O–H groups in total. The Morgan fingerprint density at radius 2 is 2.05 bits per heavy atom. The molecule has 1 aromatic heterocycles. The SMILES string of the molecule is CCCNC(c1cccc(Cl)c1)c1cc(C)c(Cl)s1. The lowest BCUT2D eigenvalue weighted by Gasteiger charge is -2.18. The first-order valence-electron chi connectivity index (χ1n) is 6.36. The van der Waals surface area contributed by atoms with Gasteiger partial charge in [0.25, 0.3) is 0 Å². The molecule has 0 spiro atoms. The second-order valence-electron chi connectivity index (χ2n) is 4.55. The van der Waals surface area contributed by atoms with Crippen molar-refractivity contribution in [2.24, 2.45) is 0 Å². The fraction of sp³-hybridized carbons (Fsp3) is 0.333. The number of hydrogen-bond acceptors (Lipinski definition) is 2. The minimum Gasteiger partial charge on any atom is -0.306 e. The predicted molar refractivity (Wildman–Crippen MR) is 85.7 cm³/mol. The molecule has 0 aliphatic heterocycles. The normalized spacial score (nSPS) is 12.6. The smallest absolute Gasteiger partial charge is 0.0961 e. The van der Waals surface area contributed by atoms with Gasteiger partial charge in [0.05, 0.1) is 10.4 Å². The topological polar surface area (TPSA) is 12.0 Å². The number of halogens is 2. The van der Waals surface area contributed by atoms with E-state index in [0.29, 0.717) is 0 Å². The van der Waals surface area contributed by atoms with Gasteiger partial charge in [0.1, 0.15) is 0 Å². The van der Waals surface area contributed by atoms with Gasteiger partial charge < -0.3 is 5.32 Å². The molecule has 4 heteroatoms. The van der Waals surface area contributed by atoms with Gasteiger partial charge in [0, 0.05) is 9.90 Å². The molecule has 1 unspecified atom stereocenters. The summed E-state index contributed by atoms with van der Waals surface area (Å²) < 4.78 is 0.861. The van der Waals surface area contributed by atoms with Gasteiger partial charge in [-0.25, -0.2) is 0 Å². The molecule has 1 atom stereocenters. The van der Waals surface area contributed by atoms with Gasteiger partial charge in [-0.3, -0.25) is 0 Å². The minimum absolute atomic E-state index is 0.162. The summed E-state index contributed by atoms with van der Waals surface area (Å²) in [4.78, 5) is 1.23. The lowest BCUT2D eigenvalue weighted by atomic mass is 10.0. The first kappa shape index (κ1) is 14.9. The van der Waals surface area contributed by atoms with Gasteiger partial charge in [0.2, 0.25) is 0 Å². The summed E-state index contributed by atoms with van der Waals surface area (Å²) in [7, 11) is 0. The van der Waals surface area contributed by atoms with Gasteiger partial charge in [-0.15, -0.1) is 11.3 Å². The summed E-state index contributed by atoms with van der Waals surface area (Å²) in [5.41, 5.74) is 2.31. The van der Waals surface area contributed by atoms with Crippen LogP contribution in [0.2, 0.25) is 9.36 Å². The van der Waals surface area contributed by atoms with E-state index in [4.69, 9.17) is 23.2 Å². The highest BCUT2D eigenvalue weighted by Gasteiger charge is 2.17. The molecule has 0 fully saturated rings. The number of aryl methyl sites for hydroxylation is 1. The second-order valence-corrected chi connectivity index (χ2v) is 6.67. The van der Waals surface area contributed by atoms with Crippen LogP contribution in [0.3, 0.4) is 0 Å². The summed E-state index contributed by atoms with van der Waals surface area (Å²) in [6.45, 7) is 5.16. The zero-order valence-corrected chi connectivity index (χ0v) is 13.4. The van der Waals surface area contributed by atoms with E-state index in [2.05, 4.69) is 24.4 Å². The Bertz CT molecular complexity index is 531. The molecule has 102 valence electrons. The van der Waals surface area contributed by atoms with Crippen LogP contribution in [-0.2, 0) is 0 Å². The maximum absolute atomic E-state index is 6.19. The number of nitrogens with one attached hydrogen (secondary N) is 1. The minimum atomic E-state index is 0.162. The van der Waals surface area contributed by atoms with Crippen molar-refractivity contribution < 1.29 is 0 Å². The van der Waals surface area contributed by atoms with E-state index < -0.39 is 0 Å². The maximum Gasteiger partial charge on any atom is 0.0961 e. The van der Waals surface area contributed by atoms with Crippen molar-refractivity contribution in [3.63, 3.8) is 0 Å². The molecule has 0 amide bonds. The lowest BCUT2D eigenvalue weighted by Crippen LogP contribution is -2.22. The van der Waals surface area contributed by atoms with Gasteiger partial charge in [0.15, 0.2) is 0 Å². The van der Waals surface area contributed by atoms with Crippen LogP contribution in [0, 0.1) is 6.92 Å². The lowest BCUT2D eigenvalue weighted by molar-refractivity contribution is 0.606. The molecule has 0 bridgehead atoms. The van der Waals surface area contributed by atoms with Crippen LogP contribution < -0.4 is 5.32 Å². The first-order chi connectivity index (χ1) is 9.11. The van der Waals surface area contributed by atoms with Crippen LogP contribution in [0.15, 0.2) is 30.3 Å². The summed E-state index contributed by atoms with van der Waals surface area (Å²) in [5.74, 6) is 0. The largest absolute Gasteiger partial charge is 0.306 e. The third kappa shape index (κ3) is 3.73. The quantitative estimate of drug-likeness (QED) is 0.773. The van der Waals surface area contributed by atoms with E-state index in [1.165, 1.54) is 10.4 Å². The molecular weight excluding hydrogens is 297 g/mol. The van der Waals surface area contributed by atoms with Crippen LogP contribution >= 0.6 is 34.5 Å². The molecule has 1 nitrogen and oxygen atoms in total. The number of benzene rings is 1. The van der Waals surface area contributed by atoms with E-state index >= 15 is 0 Å². The molecule has 0 aliphatic rings. The van der Waals surface area contributed by atoms with Crippen LogP contribution in [0.25, 0.3) is 0 Å². The van der Waals surface area contributed by atoms with Crippen molar-refractivity contribution >= 4 is 34.5 Å². The summed E-state index contributed by atoms with van der Waals surface area (Å²) >= 11 is 13.9. The van der Waals surface area contributed by atoms with Crippen LogP contribution in [0.5, 0.6) is 0 Å². The van der Waals surface area contributed by atoms with Crippen molar-refractivity contribution in [3.8, 4) is 0 Å². The number of rotatable bonds is 5. The maximum atomic E-state index is 6.19. The molecule has 19 heavy (non-hydrogen) atoms. The van der Waals surface area contributed by atoms with Crippen LogP contribution in [0.1, 0.15) is 35.4 Å². The molecule has 2 rings (SSSR count). The van der Waals surface area contributed by atoms with Crippen molar-refractivity contribution in [2.75, 3.05) is 6.54 Å². The zero-order chi connectivity index (χ0) is 13.8. The second kappa shape index (κ2) is 6.76. The summed E-state index contributed by atoms with van der Waals surface area (Å²) in [5, 5.41) is 4.33. The van der Waals surface area contributed by atoms with E-state index in [0.717, 1.165) is 27.9 Å². The monoisotopic (exact) mass is 313 g/mol. The van der Waals surface area contributed by atoms with Gasteiger partial charge >= 0.3 is 0 Å². The Morgan fingerprint density at radius 1 is 1.26 bits per heavy atom. The molecule has 0 aliphatic carbocycles. The van der Waals surface area contributed by atoms with Gasteiger partial charge in [-0.1, -0.05) is 42.3 Å². The van der Waals surface area contributed by atoms with Crippen LogP contribution in [0.4, 0.5) is 0 Å². The highest BCUT2D eigenvalue weighted by molar-refractivity contribution is 7.16. The third-order valence-corrected chi connectivity index (χ3v) is 4.80. The molecule has 1 heterocycles. The van der Waals surface area contributed by atoms with Crippen molar-refractivity contribution in [1.82, 2.24) is 5.32 Å². The van der Waals surface area contributed by atoms with E-state index in [-0.39, 0.29) is 6.04 Å². The van der Waals surface area contributed by atoms with E-state index in [1.54, 1.807) is 11.3 Å². The van der Waals surface area contributed by atoms with Crippen molar-refractivity contribution in [3.05, 3.63) is 55.7 Å². The highest BCUT2D eigenvalue weighted by atomic mass is 35.5. The Balaban J connectivity index is 2.35. The molecule has 2 aromatic rings. The molecular formula is C15H17Cl2NS. The molecule has 0 saturated carbocycles. The Morgan fingerprint density at radius 3 is 2.63 bits per heavy atom. The number of thiophene rings is 1. The fourth-order valence-electron chi connectivity index (χ4n) is 1.98. The Labute approximate surface area is 128 Å². The van der Waals surface area contributed by atoms with Crippen molar-refractivity contribution in [2.45, 2.75) is 26.3 Å². The Hall–Kier alpha value is -0.540. The highest BCUT2D eigenvalue weighted by Crippen LogP contribution is 2.34. The van der Waals surface area contributed by atoms with Gasteiger partial charge in [-0.05, 0) is 49.2 Å². The molecule has 0 radical (unpaired) electrons. The van der Waals surface area contributed by atoms with Crippen LogP contribution in [-0.4, -0.2) is 6.54 Å². The van der Waals surface area contributed by atoms with E-state index in [9.17, 15) is 0 Å². The third-order valence-electron chi connectivity index (χ3n) is 2.94. The average molecular weight is 314 g/mol. The van der Waals surface area contributed by atoms with Crippen molar-refractivity contribution in [1.29, 1.82) is 0 Å². The predicted octanol–water partition coefficient (Wildman–Crippen LogP) is 5.45. The first-order valence-corrected chi connectivity index (χ1v) is 7.93. The Kier molecular flexibility index (Phi) is 5.28. The summed E-state index contributed by atoms with van der Waals surface area (Å²) in [6.07, 6.45) is 1.09. The standard InChI is InChI=1S/C15H17Cl2NS/c1-3-7-18-14(11-5-4-6-12(16)9-11)13-8-10(2)15(17)19-13/h4-6,8-9,14,18H,3,7H2,1-2H3. The summed E-state index contributed by atoms with van der Waals surface area (Å²) in [6, 6.07) is 10.3. The number of hydrogen-bond donors (Lipinski definition) is 1. The van der Waals surface area contributed by atoms with Gasteiger partial charge in [-0.2, -0.15) is 0 Å². The van der Waals surface area contributed by atoms with E-state index in [1.807, 2.05) is 25.1 Å². The fourth-order valence-corrected chi connectivity index (χ4v) is 3.50. The zero-order valence-electron chi connectivity index (χ0n) is 11.0.